The average Bonchev–Trinajstić information content (AvgIpc) is 3.77. The van der Waals surface area contributed by atoms with Crippen LogP contribution in [0.2, 0.25) is 0 Å². The first-order valence-electron chi connectivity index (χ1n) is 21.0. The van der Waals surface area contributed by atoms with Crippen LogP contribution in [0.25, 0.3) is 16.6 Å². The fourth-order valence-electron chi connectivity index (χ4n) is 9.27. The molecule has 5 aromatic rings. The minimum absolute atomic E-state index is 0.0662. The summed E-state index contributed by atoms with van der Waals surface area (Å²) >= 11 is 0. The molecular weight excluding hydrogens is 786 g/mol. The van der Waals surface area contributed by atoms with E-state index in [0.29, 0.717) is 43.1 Å². The van der Waals surface area contributed by atoms with Crippen molar-refractivity contribution in [2.24, 2.45) is 5.92 Å². The normalized spacial score (nSPS) is 20.2. The largest absolute Gasteiger partial charge is 0.455 e. The summed E-state index contributed by atoms with van der Waals surface area (Å²) < 4.78 is 54.4. The van der Waals surface area contributed by atoms with Gasteiger partial charge in [-0.1, -0.05) is 24.3 Å². The van der Waals surface area contributed by atoms with Crippen molar-refractivity contribution in [3.8, 4) is 11.5 Å². The zero-order valence-electron chi connectivity index (χ0n) is 33.3. The molecule has 60 heavy (non-hydrogen) atoms. The second kappa shape index (κ2) is 16.9. The number of nitrogens with one attached hydrogen (secondary N) is 2. The quantitative estimate of drug-likeness (QED) is 0.0628. The molecule has 3 fully saturated rings. The Balaban J connectivity index is 0.956. The van der Waals surface area contributed by atoms with Crippen LogP contribution in [-0.4, -0.2) is 72.1 Å². The summed E-state index contributed by atoms with van der Waals surface area (Å²) in [6, 6.07) is 18.6. The molecule has 1 saturated carbocycles. The van der Waals surface area contributed by atoms with Gasteiger partial charge in [0.15, 0.2) is 15.6 Å². The summed E-state index contributed by atoms with van der Waals surface area (Å²) in [7, 11) is -4.31. The number of hydrogen-bond acceptors (Lipinski definition) is 10. The highest BCUT2D eigenvalue weighted by molar-refractivity contribution is 7.92. The second-order valence-electron chi connectivity index (χ2n) is 16.5. The lowest BCUT2D eigenvalue weighted by atomic mass is 9.88. The third-order valence-electron chi connectivity index (χ3n) is 12.6. The van der Waals surface area contributed by atoms with Gasteiger partial charge in [0.2, 0.25) is 0 Å². The van der Waals surface area contributed by atoms with Crippen LogP contribution in [0.4, 0.5) is 15.8 Å². The molecule has 0 amide bonds. The maximum absolute atomic E-state index is 15.1. The summed E-state index contributed by atoms with van der Waals surface area (Å²) in [5.74, 6) is -0.542. The van der Waals surface area contributed by atoms with E-state index in [-0.39, 0.29) is 45.4 Å². The molecule has 0 radical (unpaired) electrons. The van der Waals surface area contributed by atoms with Crippen molar-refractivity contribution in [2.75, 3.05) is 37.4 Å². The molecule has 2 atom stereocenters. The van der Waals surface area contributed by atoms with Crippen molar-refractivity contribution in [3.05, 3.63) is 123 Å². The van der Waals surface area contributed by atoms with Gasteiger partial charge in [0.05, 0.1) is 21.6 Å². The number of nitro benzene ring substituents is 1. The topological polar surface area (TPSA) is 157 Å². The standard InChI is InChI=1S/C46H48FN5O7S/c47-39-4-1-3-37(45(39)31-6-7-31)41-5-2-20-51(41)34-11-8-30(9-12-34)32-10-14-38(44(24-32)59-35-23-33-16-19-48-46(33)50-27-35)43(53)28-60(56,57)36-13-15-40(42(25-36)52(54)55)49-26-29-17-21-58-22-18-29/h1,3-4,8,10,13-16,19,23-25,27,29,31,34,41,49H,2,5-7,9,11-12,17-18,20-22,26,28H2,(H,48,50). The van der Waals surface area contributed by atoms with E-state index >= 15 is 4.39 Å². The minimum atomic E-state index is -4.31. The van der Waals surface area contributed by atoms with Gasteiger partial charge in [-0.15, -0.1) is 0 Å². The molecule has 9 rings (SSSR count). The lowest BCUT2D eigenvalue weighted by Gasteiger charge is -2.36. The van der Waals surface area contributed by atoms with Crippen molar-refractivity contribution in [1.29, 1.82) is 0 Å². The monoisotopic (exact) mass is 833 g/mol. The summed E-state index contributed by atoms with van der Waals surface area (Å²) in [6.07, 6.45) is 13.9. The molecule has 0 spiro atoms. The molecule has 2 aliphatic carbocycles. The number of halogens is 1. The first kappa shape index (κ1) is 40.0. The molecule has 312 valence electrons. The number of aromatic amines is 1. The van der Waals surface area contributed by atoms with Gasteiger partial charge >= 0.3 is 0 Å². The van der Waals surface area contributed by atoms with E-state index in [2.05, 4.69) is 32.3 Å². The number of anilines is 1. The number of fused-ring (bicyclic) bond motifs is 1. The Bertz CT molecular complexity index is 2580. The van der Waals surface area contributed by atoms with Crippen LogP contribution >= 0.6 is 0 Å². The highest BCUT2D eigenvalue weighted by Gasteiger charge is 2.38. The summed E-state index contributed by atoms with van der Waals surface area (Å²) in [6.45, 7) is 2.73. The van der Waals surface area contributed by atoms with E-state index in [1.54, 1.807) is 30.5 Å². The number of carbonyl (C=O) groups excluding carboxylic acids is 1. The highest BCUT2D eigenvalue weighted by Crippen LogP contribution is 2.48. The van der Waals surface area contributed by atoms with Gasteiger partial charge in [-0.05, 0) is 141 Å². The molecule has 2 aliphatic heterocycles. The molecule has 4 heterocycles. The number of ether oxygens (including phenoxy) is 2. The minimum Gasteiger partial charge on any atom is -0.455 e. The Morgan fingerprint density at radius 3 is 2.67 bits per heavy atom. The van der Waals surface area contributed by atoms with Crippen LogP contribution < -0.4 is 10.1 Å². The van der Waals surface area contributed by atoms with Gasteiger partial charge in [-0.3, -0.25) is 19.8 Å². The van der Waals surface area contributed by atoms with Crippen LogP contribution in [0.3, 0.4) is 0 Å². The Hall–Kier alpha value is -5.44. The molecule has 0 bridgehead atoms. The number of nitro groups is 1. The van der Waals surface area contributed by atoms with Crippen molar-refractivity contribution >= 4 is 43.6 Å². The number of pyridine rings is 1. The van der Waals surface area contributed by atoms with E-state index in [1.165, 1.54) is 18.3 Å². The molecule has 2 saturated heterocycles. The zero-order chi connectivity index (χ0) is 41.4. The van der Waals surface area contributed by atoms with Crippen LogP contribution in [-0.2, 0) is 14.6 Å². The van der Waals surface area contributed by atoms with Crippen molar-refractivity contribution in [2.45, 2.75) is 80.7 Å². The second-order valence-corrected chi connectivity index (χ2v) is 18.5. The van der Waals surface area contributed by atoms with E-state index in [9.17, 15) is 23.3 Å². The number of Topliss-reactive ketones (excluding diaryl/α,β-unsaturated/α-hetero) is 1. The van der Waals surface area contributed by atoms with Crippen molar-refractivity contribution in [1.82, 2.24) is 14.9 Å². The maximum Gasteiger partial charge on any atom is 0.293 e. The van der Waals surface area contributed by atoms with Crippen LogP contribution in [0, 0.1) is 21.8 Å². The molecule has 3 aromatic carbocycles. The fraction of sp³-hybridized carbons (Fsp3) is 0.391. The van der Waals surface area contributed by atoms with Gasteiger partial charge in [-0.25, -0.2) is 17.8 Å². The van der Waals surface area contributed by atoms with Gasteiger partial charge < -0.3 is 19.8 Å². The van der Waals surface area contributed by atoms with E-state index < -0.39 is 26.3 Å². The first-order valence-corrected chi connectivity index (χ1v) is 22.6. The molecular formula is C46H48FN5O7S. The van der Waals surface area contributed by atoms with Gasteiger partial charge in [-0.2, -0.15) is 0 Å². The molecule has 12 nitrogen and oxygen atoms in total. The highest BCUT2D eigenvalue weighted by atomic mass is 32.2. The van der Waals surface area contributed by atoms with Crippen LogP contribution in [0.5, 0.6) is 11.5 Å². The number of hydrogen-bond donors (Lipinski definition) is 2. The number of H-pyrrole nitrogens is 1. The third-order valence-corrected chi connectivity index (χ3v) is 14.2. The molecule has 4 aliphatic rings. The summed E-state index contributed by atoms with van der Waals surface area (Å²) in [4.78, 5) is 35.2. The maximum atomic E-state index is 15.1. The number of allylic oxidation sites excluding steroid dienone is 1. The number of sulfone groups is 1. The molecule has 14 heteroatoms. The number of carbonyl (C=O) groups is 1. The Labute approximate surface area is 348 Å². The number of ketones is 1. The number of benzene rings is 3. The lowest BCUT2D eigenvalue weighted by molar-refractivity contribution is -0.384. The average molecular weight is 834 g/mol. The van der Waals surface area contributed by atoms with E-state index in [4.69, 9.17) is 9.47 Å². The van der Waals surface area contributed by atoms with E-state index in [1.807, 2.05) is 18.2 Å². The summed E-state index contributed by atoms with van der Waals surface area (Å²) in [5.41, 5.74) is 4.59. The van der Waals surface area contributed by atoms with Gasteiger partial charge in [0, 0.05) is 49.5 Å². The Morgan fingerprint density at radius 2 is 1.88 bits per heavy atom. The van der Waals surface area contributed by atoms with Crippen LogP contribution in [0.15, 0.2) is 90.1 Å². The summed E-state index contributed by atoms with van der Waals surface area (Å²) in [5, 5.41) is 16.0. The molecule has 2 aromatic heterocycles. The SMILES string of the molecule is O=C(CS(=O)(=O)c1ccc(NCC2CCOCC2)c([N+](=O)[O-])c1)c1ccc(C2=CCC(N3CCCC3c3cccc(F)c3C3CC3)CC2)cc1Oc1cnc2[nH]ccc2c1. The fourth-order valence-corrected chi connectivity index (χ4v) is 10.5. The number of rotatable bonds is 14. The first-order chi connectivity index (χ1) is 29.1. The predicted octanol–water partition coefficient (Wildman–Crippen LogP) is 9.55. The van der Waals surface area contributed by atoms with Gasteiger partial charge in [0.25, 0.3) is 5.69 Å². The Morgan fingerprint density at radius 1 is 1.03 bits per heavy atom. The predicted molar refractivity (Wildman–Crippen MR) is 227 cm³/mol. The van der Waals surface area contributed by atoms with E-state index in [0.717, 1.165) is 98.0 Å². The van der Waals surface area contributed by atoms with Crippen molar-refractivity contribution < 1.29 is 32.0 Å². The van der Waals surface area contributed by atoms with Crippen molar-refractivity contribution in [3.63, 3.8) is 0 Å². The van der Waals surface area contributed by atoms with Crippen LogP contribution in [0.1, 0.15) is 96.8 Å². The zero-order valence-corrected chi connectivity index (χ0v) is 34.1. The number of aromatic nitrogens is 2. The van der Waals surface area contributed by atoms with Gasteiger partial charge in [0.1, 0.15) is 34.4 Å². The third kappa shape index (κ3) is 8.45. The Kier molecular flexibility index (Phi) is 11.3. The lowest BCUT2D eigenvalue weighted by Crippen LogP contribution is -2.36. The smallest absolute Gasteiger partial charge is 0.293 e. The number of likely N-dealkylation sites (tertiary alicyclic amines) is 1. The number of nitrogens with zero attached hydrogens (tertiary/aromatic N) is 3. The molecule has 2 N–H and O–H groups in total. The molecule has 2 unspecified atom stereocenters.